The van der Waals surface area contributed by atoms with Crippen LogP contribution in [0, 0.1) is 0 Å². The Morgan fingerprint density at radius 2 is 1.80 bits per heavy atom. The first-order chi connectivity index (χ1) is 13.1. The number of benzene rings is 1. The third-order valence-corrected chi connectivity index (χ3v) is 5.24. The van der Waals surface area contributed by atoms with E-state index < -0.39 is 0 Å². The lowest BCUT2D eigenvalue weighted by atomic mass is 10.1. The molecule has 1 amide bonds. The predicted molar refractivity (Wildman–Crippen MR) is 128 cm³/mol. The standard InChI is InChI=1S/C20H32N4O3.3ClH/c1-22(2)13-14-26-18-6-4-3-5-17(18)23-9-11-24(12-10-23)20(25)19-8-7-16(15-21)27-19;;;/h3-6,16,19H,7-15,21H2,1-2H3;3*1H/t16-,19+;;;/m1.../s1. The van der Waals surface area contributed by atoms with Gasteiger partial charge >= 0.3 is 0 Å². The Bertz CT molecular complexity index is 631. The second-order valence-electron chi connectivity index (χ2n) is 7.49. The molecule has 1 aromatic carbocycles. The van der Waals surface area contributed by atoms with Gasteiger partial charge in [0.1, 0.15) is 18.5 Å². The van der Waals surface area contributed by atoms with E-state index in [1.165, 1.54) is 0 Å². The van der Waals surface area contributed by atoms with Crippen LogP contribution < -0.4 is 15.4 Å². The molecule has 1 aromatic rings. The Balaban J connectivity index is 0.00000280. The van der Waals surface area contributed by atoms with Gasteiger partial charge in [-0.3, -0.25) is 4.79 Å². The Morgan fingerprint density at radius 3 is 2.40 bits per heavy atom. The number of hydrogen-bond acceptors (Lipinski definition) is 6. The highest BCUT2D eigenvalue weighted by Crippen LogP contribution is 2.29. The molecule has 0 unspecified atom stereocenters. The smallest absolute Gasteiger partial charge is 0.251 e. The van der Waals surface area contributed by atoms with E-state index in [0.29, 0.717) is 26.2 Å². The Kier molecular flexibility index (Phi) is 13.7. The van der Waals surface area contributed by atoms with Crippen molar-refractivity contribution in [3.05, 3.63) is 24.3 Å². The van der Waals surface area contributed by atoms with Crippen molar-refractivity contribution in [2.24, 2.45) is 5.73 Å². The second kappa shape index (κ2) is 14.2. The van der Waals surface area contributed by atoms with Crippen LogP contribution in [0.1, 0.15) is 12.8 Å². The minimum atomic E-state index is -0.313. The first-order valence-electron chi connectivity index (χ1n) is 9.84. The van der Waals surface area contributed by atoms with Crippen molar-refractivity contribution in [1.82, 2.24) is 9.80 Å². The highest BCUT2D eigenvalue weighted by Gasteiger charge is 2.34. The third kappa shape index (κ3) is 7.62. The molecule has 0 saturated carbocycles. The number of nitrogens with two attached hydrogens (primary N) is 1. The van der Waals surface area contributed by atoms with Crippen molar-refractivity contribution in [3.63, 3.8) is 0 Å². The molecule has 7 nitrogen and oxygen atoms in total. The summed E-state index contributed by atoms with van der Waals surface area (Å²) in [5.41, 5.74) is 6.75. The second-order valence-corrected chi connectivity index (χ2v) is 7.49. The average molecular weight is 486 g/mol. The number of nitrogens with zero attached hydrogens (tertiary/aromatic N) is 3. The van der Waals surface area contributed by atoms with Gasteiger partial charge in [-0.05, 0) is 39.1 Å². The zero-order valence-corrected chi connectivity index (χ0v) is 20.1. The van der Waals surface area contributed by atoms with Gasteiger partial charge in [0.25, 0.3) is 5.91 Å². The lowest BCUT2D eigenvalue weighted by molar-refractivity contribution is -0.143. The molecule has 2 aliphatic rings. The molecule has 0 aliphatic carbocycles. The molecule has 0 aromatic heterocycles. The highest BCUT2D eigenvalue weighted by molar-refractivity contribution is 5.86. The van der Waals surface area contributed by atoms with Crippen LogP contribution in [0.5, 0.6) is 5.75 Å². The van der Waals surface area contributed by atoms with Crippen LogP contribution in [0.3, 0.4) is 0 Å². The van der Waals surface area contributed by atoms with Crippen molar-refractivity contribution >= 4 is 48.8 Å². The Morgan fingerprint density at radius 1 is 1.13 bits per heavy atom. The number of ether oxygens (including phenoxy) is 2. The van der Waals surface area contributed by atoms with Crippen molar-refractivity contribution in [3.8, 4) is 5.75 Å². The van der Waals surface area contributed by atoms with E-state index in [2.05, 4.69) is 15.9 Å². The molecule has 2 N–H and O–H groups in total. The molecule has 30 heavy (non-hydrogen) atoms. The largest absolute Gasteiger partial charge is 0.490 e. The minimum Gasteiger partial charge on any atom is -0.490 e. The van der Waals surface area contributed by atoms with Crippen molar-refractivity contribution in [2.45, 2.75) is 25.0 Å². The van der Waals surface area contributed by atoms with E-state index >= 15 is 0 Å². The lowest BCUT2D eigenvalue weighted by Gasteiger charge is -2.37. The molecule has 2 atom stereocenters. The summed E-state index contributed by atoms with van der Waals surface area (Å²) in [5, 5.41) is 0. The number of carbonyl (C=O) groups excluding carboxylic acids is 1. The zero-order chi connectivity index (χ0) is 19.2. The number of piperazine rings is 1. The number of para-hydroxylation sites is 2. The number of anilines is 1. The molecular weight excluding hydrogens is 451 g/mol. The topological polar surface area (TPSA) is 71.3 Å². The van der Waals surface area contributed by atoms with E-state index in [0.717, 1.165) is 43.9 Å². The fraction of sp³-hybridized carbons (Fsp3) is 0.650. The van der Waals surface area contributed by atoms with Crippen LogP contribution in [0.2, 0.25) is 0 Å². The van der Waals surface area contributed by atoms with Gasteiger partial charge in [-0.1, -0.05) is 12.1 Å². The summed E-state index contributed by atoms with van der Waals surface area (Å²) < 4.78 is 11.8. The van der Waals surface area contributed by atoms with Gasteiger partial charge in [-0.2, -0.15) is 0 Å². The van der Waals surface area contributed by atoms with E-state index in [1.54, 1.807) is 0 Å². The summed E-state index contributed by atoms with van der Waals surface area (Å²) >= 11 is 0. The van der Waals surface area contributed by atoms with Gasteiger partial charge in [0.2, 0.25) is 0 Å². The van der Waals surface area contributed by atoms with Gasteiger partial charge < -0.3 is 29.9 Å². The predicted octanol–water partition coefficient (Wildman–Crippen LogP) is 2.05. The van der Waals surface area contributed by atoms with Gasteiger partial charge in [0.15, 0.2) is 0 Å². The summed E-state index contributed by atoms with van der Waals surface area (Å²) in [6.45, 7) is 5.03. The fourth-order valence-electron chi connectivity index (χ4n) is 3.61. The summed E-state index contributed by atoms with van der Waals surface area (Å²) in [4.78, 5) is 19.0. The van der Waals surface area contributed by atoms with Gasteiger partial charge in [0.05, 0.1) is 11.8 Å². The van der Waals surface area contributed by atoms with Crippen LogP contribution in [0.25, 0.3) is 0 Å². The quantitative estimate of drug-likeness (QED) is 0.637. The molecule has 0 radical (unpaired) electrons. The Hall–Kier alpha value is -0.960. The van der Waals surface area contributed by atoms with Crippen molar-refractivity contribution in [2.75, 3.05) is 64.9 Å². The van der Waals surface area contributed by atoms with E-state index in [4.69, 9.17) is 15.2 Å². The fourth-order valence-corrected chi connectivity index (χ4v) is 3.61. The van der Waals surface area contributed by atoms with Crippen LogP contribution in [0.4, 0.5) is 5.69 Å². The van der Waals surface area contributed by atoms with Gasteiger partial charge in [-0.15, -0.1) is 37.2 Å². The summed E-state index contributed by atoms with van der Waals surface area (Å²) in [6.07, 6.45) is 1.38. The van der Waals surface area contributed by atoms with Gasteiger partial charge in [0, 0.05) is 39.3 Å². The number of rotatable bonds is 7. The van der Waals surface area contributed by atoms with Crippen molar-refractivity contribution < 1.29 is 14.3 Å². The number of halogens is 3. The normalized spacial score (nSPS) is 20.8. The maximum atomic E-state index is 12.7. The average Bonchev–Trinajstić information content (AvgIpc) is 3.17. The number of amides is 1. The van der Waals surface area contributed by atoms with Crippen LogP contribution in [0.15, 0.2) is 24.3 Å². The molecular formula is C20H35Cl3N4O3. The minimum absolute atomic E-state index is 0. The molecule has 0 bridgehead atoms. The van der Waals surface area contributed by atoms with Crippen LogP contribution in [-0.4, -0.2) is 87.9 Å². The maximum absolute atomic E-state index is 12.7. The van der Waals surface area contributed by atoms with Gasteiger partial charge in [-0.25, -0.2) is 0 Å². The number of likely N-dealkylation sites (N-methyl/N-ethyl adjacent to an activating group) is 1. The summed E-state index contributed by atoms with van der Waals surface area (Å²) in [7, 11) is 4.07. The van der Waals surface area contributed by atoms with E-state index in [1.807, 2.05) is 37.2 Å². The molecule has 3 rings (SSSR count). The lowest BCUT2D eigenvalue weighted by Crippen LogP contribution is -2.51. The first kappa shape index (κ1) is 29.0. The maximum Gasteiger partial charge on any atom is 0.251 e. The molecule has 2 heterocycles. The van der Waals surface area contributed by atoms with E-state index in [9.17, 15) is 4.79 Å². The molecule has 2 aliphatic heterocycles. The molecule has 0 spiro atoms. The summed E-state index contributed by atoms with van der Waals surface area (Å²) in [5.74, 6) is 1.02. The number of carbonyl (C=O) groups is 1. The van der Waals surface area contributed by atoms with Crippen LogP contribution >= 0.6 is 37.2 Å². The Labute approximate surface area is 198 Å². The zero-order valence-electron chi connectivity index (χ0n) is 17.7. The molecule has 2 fully saturated rings. The third-order valence-electron chi connectivity index (χ3n) is 5.24. The monoisotopic (exact) mass is 484 g/mol. The summed E-state index contributed by atoms with van der Waals surface area (Å²) in [6, 6.07) is 8.14. The van der Waals surface area contributed by atoms with Crippen molar-refractivity contribution in [1.29, 1.82) is 0 Å². The molecule has 10 heteroatoms. The van der Waals surface area contributed by atoms with Crippen LogP contribution in [-0.2, 0) is 9.53 Å². The highest BCUT2D eigenvalue weighted by atomic mass is 35.5. The number of hydrogen-bond donors (Lipinski definition) is 1. The molecule has 2 saturated heterocycles. The molecule has 174 valence electrons. The first-order valence-corrected chi connectivity index (χ1v) is 9.84. The SMILES string of the molecule is CN(C)CCOc1ccccc1N1CCN(C(=O)[C@@H]2CC[C@H](CN)O2)CC1.Cl.Cl.Cl. The van der Waals surface area contributed by atoms with E-state index in [-0.39, 0.29) is 55.3 Å².